The molecule has 0 aliphatic heterocycles. The Morgan fingerprint density at radius 3 is 1.13 bits per heavy atom. The first-order valence-corrected chi connectivity index (χ1v) is 30.9. The highest BCUT2D eigenvalue weighted by Gasteiger charge is 2.26. The van der Waals surface area contributed by atoms with Gasteiger partial charge in [0.25, 0.3) is 0 Å². The van der Waals surface area contributed by atoms with Crippen LogP contribution in [0.25, 0.3) is 0 Å². The van der Waals surface area contributed by atoms with Crippen molar-refractivity contribution in [2.24, 2.45) is 0 Å². The molecule has 0 bridgehead atoms. The first kappa shape index (κ1) is 66.2. The summed E-state index contributed by atoms with van der Waals surface area (Å²) in [5, 5.41) is 0. The lowest BCUT2D eigenvalue weighted by atomic mass is 10.0. The van der Waals surface area contributed by atoms with Crippen molar-refractivity contribution in [2.75, 3.05) is 54.1 Å². The molecule has 0 aliphatic carbocycles. The van der Waals surface area contributed by atoms with Crippen LogP contribution in [0.1, 0.15) is 296 Å². The summed E-state index contributed by atoms with van der Waals surface area (Å²) in [4.78, 5) is 23.1. The van der Waals surface area contributed by atoms with Crippen LogP contribution in [0, 0.1) is 0 Å². The smallest absolute Gasteiger partial charge is 0.457 e. The zero-order valence-corrected chi connectivity index (χ0v) is 46.6. The average Bonchev–Trinajstić information content (AvgIpc) is 3.29. The van der Waals surface area contributed by atoms with Crippen LogP contribution >= 0.6 is 7.82 Å². The topological polar surface area (TPSA) is 91.3 Å². The van der Waals surface area contributed by atoms with E-state index in [1.54, 1.807) is 0 Å². The van der Waals surface area contributed by atoms with Crippen molar-refractivity contribution < 1.29 is 37.3 Å². The molecule has 400 valence electrons. The van der Waals surface area contributed by atoms with Gasteiger partial charge in [0.15, 0.2) is 0 Å². The van der Waals surface area contributed by atoms with Crippen LogP contribution in [-0.4, -0.2) is 75.6 Å². The molecule has 0 aliphatic rings. The highest BCUT2D eigenvalue weighted by Crippen LogP contribution is 2.43. The zero-order valence-electron chi connectivity index (χ0n) is 45.7. The van der Waals surface area contributed by atoms with Crippen LogP contribution < -0.4 is 0 Å². The number of phosphoric ester groups is 1. The zero-order chi connectivity index (χ0) is 49.0. The van der Waals surface area contributed by atoms with Crippen LogP contribution in [0.4, 0.5) is 0 Å². The minimum atomic E-state index is -4.28. The minimum absolute atomic E-state index is 0.0929. The number of rotatable bonds is 56. The Morgan fingerprint density at radius 2 is 0.776 bits per heavy atom. The van der Waals surface area contributed by atoms with Crippen molar-refractivity contribution in [2.45, 2.75) is 302 Å². The number of phosphoric acid groups is 1. The highest BCUT2D eigenvalue weighted by atomic mass is 31.2. The summed E-state index contributed by atoms with van der Waals surface area (Å²) >= 11 is 0. The third-order valence-corrected chi connectivity index (χ3v) is 14.3. The number of hydrogen-bond donors (Lipinski definition) is 1. The maximum absolute atomic E-state index is 12.8. The molecule has 0 spiro atoms. The number of carbonyl (C=O) groups is 1. The highest BCUT2D eigenvalue weighted by molar-refractivity contribution is 7.47. The fourth-order valence-corrected chi connectivity index (χ4v) is 9.53. The number of ether oxygens (including phenoxy) is 2. The third kappa shape index (κ3) is 56.0. The van der Waals surface area contributed by atoms with Gasteiger partial charge in [-0.05, 0) is 38.5 Å². The molecule has 0 aromatic carbocycles. The lowest BCUT2D eigenvalue weighted by Crippen LogP contribution is -2.37. The summed E-state index contributed by atoms with van der Waals surface area (Å²) in [6.45, 7) is 5.70. The summed E-state index contributed by atoms with van der Waals surface area (Å²) < 4.78 is 35.3. The fraction of sp³-hybridized carbons (Fsp3) is 0.948. The molecule has 0 amide bonds. The third-order valence-electron chi connectivity index (χ3n) is 13.3. The Morgan fingerprint density at radius 1 is 0.448 bits per heavy atom. The number of nitrogens with zero attached hydrogens (tertiary/aromatic N) is 1. The normalized spacial score (nSPS) is 13.5. The van der Waals surface area contributed by atoms with Crippen LogP contribution in [0.3, 0.4) is 0 Å². The van der Waals surface area contributed by atoms with Gasteiger partial charge in [0.05, 0.1) is 34.4 Å². The average molecular weight is 972 g/mol. The molecule has 1 N–H and O–H groups in total. The largest absolute Gasteiger partial charge is 0.472 e. The molecule has 0 aromatic rings. The quantitative estimate of drug-likeness (QED) is 0.0213. The van der Waals surface area contributed by atoms with Crippen molar-refractivity contribution >= 4 is 13.8 Å². The predicted octanol–water partition coefficient (Wildman–Crippen LogP) is 18.5. The standard InChI is InChI=1S/C58H116NO7P/c1-6-8-10-12-14-16-18-20-22-24-26-27-28-29-30-31-32-34-36-38-40-42-44-46-48-50-53-63-55-57(56-65-67(61,62)64-54-52-59(3,4)5)66-58(60)51-49-47-45-43-41-39-37-35-33-25-23-21-19-17-15-13-11-9-7-2/h24,26,57H,6-23,25,27-56H2,1-5H3/p+1/b26-24-. The van der Waals surface area contributed by atoms with E-state index in [0.29, 0.717) is 24.1 Å². The van der Waals surface area contributed by atoms with Gasteiger partial charge in [0.2, 0.25) is 0 Å². The predicted molar refractivity (Wildman–Crippen MR) is 289 cm³/mol. The van der Waals surface area contributed by atoms with Gasteiger partial charge in [0, 0.05) is 13.0 Å². The van der Waals surface area contributed by atoms with Crippen molar-refractivity contribution in [3.05, 3.63) is 12.2 Å². The second-order valence-corrected chi connectivity index (χ2v) is 22.8. The fourth-order valence-electron chi connectivity index (χ4n) is 8.79. The molecule has 8 nitrogen and oxygen atoms in total. The minimum Gasteiger partial charge on any atom is -0.457 e. The van der Waals surface area contributed by atoms with Crippen molar-refractivity contribution in [3.63, 3.8) is 0 Å². The van der Waals surface area contributed by atoms with E-state index < -0.39 is 13.9 Å². The summed E-state index contributed by atoms with van der Waals surface area (Å²) in [5.41, 5.74) is 0. The molecule has 67 heavy (non-hydrogen) atoms. The Labute approximate surface area is 418 Å². The van der Waals surface area contributed by atoms with E-state index in [0.717, 1.165) is 32.1 Å². The lowest BCUT2D eigenvalue weighted by molar-refractivity contribution is -0.870. The molecular weight excluding hydrogens is 854 g/mol. The summed E-state index contributed by atoms with van der Waals surface area (Å²) in [6, 6.07) is 0. The van der Waals surface area contributed by atoms with E-state index in [4.69, 9.17) is 18.5 Å². The van der Waals surface area contributed by atoms with Crippen LogP contribution in [0.15, 0.2) is 12.2 Å². The number of quaternary nitrogens is 1. The van der Waals surface area contributed by atoms with Gasteiger partial charge in [-0.25, -0.2) is 4.57 Å². The Hall–Kier alpha value is -0.760. The van der Waals surface area contributed by atoms with Gasteiger partial charge in [-0.3, -0.25) is 13.8 Å². The molecule has 0 radical (unpaired) electrons. The van der Waals surface area contributed by atoms with E-state index in [9.17, 15) is 14.3 Å². The second kappa shape index (κ2) is 51.6. The van der Waals surface area contributed by atoms with Crippen molar-refractivity contribution in [3.8, 4) is 0 Å². The lowest BCUT2D eigenvalue weighted by Gasteiger charge is -2.24. The molecular formula is C58H117NO7P+. The summed E-state index contributed by atoms with van der Waals surface area (Å²) in [7, 11) is 1.69. The van der Waals surface area contributed by atoms with E-state index in [1.807, 2.05) is 21.1 Å². The van der Waals surface area contributed by atoms with Gasteiger partial charge < -0.3 is 18.9 Å². The number of allylic oxidation sites excluding steroid dienone is 2. The Bertz CT molecular complexity index is 1080. The van der Waals surface area contributed by atoms with E-state index in [1.165, 1.54) is 244 Å². The maximum atomic E-state index is 12.8. The second-order valence-electron chi connectivity index (χ2n) is 21.4. The Kier molecular flexibility index (Phi) is 51.0. The van der Waals surface area contributed by atoms with E-state index >= 15 is 0 Å². The summed E-state index contributed by atoms with van der Waals surface area (Å²) in [5.74, 6) is -0.305. The molecule has 0 aromatic heterocycles. The van der Waals surface area contributed by atoms with Crippen LogP contribution in [0.5, 0.6) is 0 Å². The molecule has 0 heterocycles. The number of likely N-dealkylation sites (N-methyl/N-ethyl adjacent to an activating group) is 1. The van der Waals surface area contributed by atoms with Crippen molar-refractivity contribution in [1.29, 1.82) is 0 Å². The van der Waals surface area contributed by atoms with Gasteiger partial charge >= 0.3 is 13.8 Å². The molecule has 2 unspecified atom stereocenters. The first-order valence-electron chi connectivity index (χ1n) is 29.4. The number of esters is 1. The molecule has 0 rings (SSSR count). The monoisotopic (exact) mass is 971 g/mol. The van der Waals surface area contributed by atoms with Crippen LogP contribution in [-0.2, 0) is 27.9 Å². The first-order chi connectivity index (χ1) is 32.6. The SMILES string of the molecule is CCCCCCCCCC/C=C\CCCCCCCCCCCCCCCCOCC(COP(=O)(O)OCC[N+](C)(C)C)OC(=O)CCCCCCCCCCCCCCCCCCCCC. The molecule has 2 atom stereocenters. The number of carbonyl (C=O) groups excluding carboxylic acids is 1. The van der Waals surface area contributed by atoms with Crippen LogP contribution in [0.2, 0.25) is 0 Å². The molecule has 9 heteroatoms. The molecule has 0 saturated carbocycles. The Balaban J connectivity index is 4.00. The van der Waals surface area contributed by atoms with E-state index in [-0.39, 0.29) is 25.8 Å². The molecule has 0 fully saturated rings. The van der Waals surface area contributed by atoms with Gasteiger partial charge in [-0.2, -0.15) is 0 Å². The van der Waals surface area contributed by atoms with E-state index in [2.05, 4.69) is 26.0 Å². The van der Waals surface area contributed by atoms with Gasteiger partial charge in [0.1, 0.15) is 19.3 Å². The van der Waals surface area contributed by atoms with Gasteiger partial charge in [-0.15, -0.1) is 0 Å². The summed E-state index contributed by atoms with van der Waals surface area (Å²) in [6.07, 6.45) is 61.4. The number of hydrogen-bond acceptors (Lipinski definition) is 6. The maximum Gasteiger partial charge on any atom is 0.472 e. The van der Waals surface area contributed by atoms with Crippen molar-refractivity contribution in [1.82, 2.24) is 0 Å². The number of unbranched alkanes of at least 4 members (excludes halogenated alkanes) is 40. The van der Waals surface area contributed by atoms with Gasteiger partial charge in [-0.1, -0.05) is 264 Å². The molecule has 0 saturated heterocycles.